The highest BCUT2D eigenvalue weighted by atomic mass is 16.2. The monoisotopic (exact) mass is 342 g/mol. The Morgan fingerprint density at radius 2 is 2.12 bits per heavy atom. The second-order valence-corrected chi connectivity index (χ2v) is 6.30. The summed E-state index contributed by atoms with van der Waals surface area (Å²) in [5.41, 5.74) is 1.08. The first-order chi connectivity index (χ1) is 12.0. The van der Waals surface area contributed by atoms with Gasteiger partial charge in [0.15, 0.2) is 5.82 Å². The van der Waals surface area contributed by atoms with E-state index in [1.54, 1.807) is 15.8 Å². The molecule has 3 rings (SSSR count). The van der Waals surface area contributed by atoms with E-state index in [1.807, 2.05) is 44.3 Å². The van der Waals surface area contributed by atoms with Gasteiger partial charge in [-0.1, -0.05) is 30.3 Å². The Morgan fingerprint density at radius 3 is 2.80 bits per heavy atom. The molecule has 25 heavy (non-hydrogen) atoms. The molecule has 1 aromatic heterocycles. The lowest BCUT2D eigenvalue weighted by molar-refractivity contribution is -0.128. The maximum absolute atomic E-state index is 12.2. The third-order valence-corrected chi connectivity index (χ3v) is 4.25. The number of urea groups is 1. The average Bonchev–Trinajstić information content (AvgIpc) is 3.14. The molecule has 2 N–H and O–H groups in total. The zero-order valence-electron chi connectivity index (χ0n) is 14.3. The molecule has 0 spiro atoms. The lowest BCUT2D eigenvalue weighted by atomic mass is 10.2. The Balaban J connectivity index is 1.51. The molecule has 0 bridgehead atoms. The number of nitrogens with one attached hydrogen (secondary N) is 2. The molecule has 0 aliphatic carbocycles. The van der Waals surface area contributed by atoms with Gasteiger partial charge in [-0.3, -0.25) is 4.79 Å². The summed E-state index contributed by atoms with van der Waals surface area (Å²) in [5.74, 6) is 0.721. The van der Waals surface area contributed by atoms with E-state index in [0.29, 0.717) is 25.3 Å². The van der Waals surface area contributed by atoms with Crippen LogP contribution in [0.1, 0.15) is 30.8 Å². The van der Waals surface area contributed by atoms with Crippen LogP contribution in [0.3, 0.4) is 0 Å². The summed E-state index contributed by atoms with van der Waals surface area (Å²) in [6, 6.07) is 9.05. The van der Waals surface area contributed by atoms with Crippen molar-refractivity contribution in [1.82, 2.24) is 30.3 Å². The number of likely N-dealkylation sites (tertiary alicyclic amines) is 1. The first-order valence-electron chi connectivity index (χ1n) is 8.25. The predicted molar refractivity (Wildman–Crippen MR) is 91.3 cm³/mol. The van der Waals surface area contributed by atoms with Crippen molar-refractivity contribution in [2.75, 3.05) is 6.54 Å². The van der Waals surface area contributed by atoms with E-state index in [-0.39, 0.29) is 24.0 Å². The van der Waals surface area contributed by atoms with Crippen molar-refractivity contribution in [3.05, 3.63) is 48.0 Å². The molecule has 0 radical (unpaired) electrons. The van der Waals surface area contributed by atoms with Gasteiger partial charge in [0.2, 0.25) is 5.91 Å². The van der Waals surface area contributed by atoms with Crippen LogP contribution in [0.2, 0.25) is 0 Å². The van der Waals surface area contributed by atoms with Gasteiger partial charge in [-0.05, 0) is 12.5 Å². The minimum absolute atomic E-state index is 0.0514. The van der Waals surface area contributed by atoms with Crippen molar-refractivity contribution in [1.29, 1.82) is 0 Å². The number of aromatic nitrogens is 3. The Hall–Kier alpha value is -2.90. The number of rotatable bonds is 5. The Kier molecular flexibility index (Phi) is 4.97. The van der Waals surface area contributed by atoms with Crippen molar-refractivity contribution < 1.29 is 9.59 Å². The zero-order chi connectivity index (χ0) is 17.8. The third-order valence-electron chi connectivity index (χ3n) is 4.25. The molecular weight excluding hydrogens is 320 g/mol. The molecule has 2 aromatic rings. The van der Waals surface area contributed by atoms with Crippen LogP contribution in [0.4, 0.5) is 4.79 Å². The standard InChI is InChI=1S/C17H22N6O2/c1-12(16-21-18-11-22(16)2)19-17(25)20-14-8-15(24)23(10-14)9-13-6-4-3-5-7-13/h3-7,11-12,14H,8-10H2,1-2H3,(H2,19,20,25). The number of carbonyl (C=O) groups excluding carboxylic acids is 2. The Morgan fingerprint density at radius 1 is 1.36 bits per heavy atom. The Labute approximate surface area is 146 Å². The number of aryl methyl sites for hydroxylation is 1. The maximum atomic E-state index is 12.2. The van der Waals surface area contributed by atoms with E-state index in [0.717, 1.165) is 5.56 Å². The molecule has 8 nitrogen and oxygen atoms in total. The van der Waals surface area contributed by atoms with Gasteiger partial charge in [0, 0.05) is 26.6 Å². The Bertz CT molecular complexity index is 745. The van der Waals surface area contributed by atoms with E-state index in [1.165, 1.54) is 0 Å². The number of benzene rings is 1. The summed E-state index contributed by atoms with van der Waals surface area (Å²) >= 11 is 0. The number of nitrogens with zero attached hydrogens (tertiary/aromatic N) is 4. The SMILES string of the molecule is CC(NC(=O)NC1CC(=O)N(Cc2ccccc2)C1)c1nncn1C. The first kappa shape index (κ1) is 16.9. The first-order valence-corrected chi connectivity index (χ1v) is 8.25. The van der Waals surface area contributed by atoms with E-state index in [2.05, 4.69) is 20.8 Å². The molecule has 132 valence electrons. The molecule has 1 fully saturated rings. The molecule has 2 unspecified atom stereocenters. The molecule has 0 saturated carbocycles. The molecular formula is C17H22N6O2. The van der Waals surface area contributed by atoms with Crippen molar-refractivity contribution in [2.24, 2.45) is 7.05 Å². The van der Waals surface area contributed by atoms with E-state index < -0.39 is 0 Å². The molecule has 1 aromatic carbocycles. The topological polar surface area (TPSA) is 92.2 Å². The van der Waals surface area contributed by atoms with Gasteiger partial charge < -0.3 is 20.1 Å². The number of hydrogen-bond donors (Lipinski definition) is 2. The fourth-order valence-corrected chi connectivity index (χ4v) is 3.00. The van der Waals surface area contributed by atoms with E-state index in [9.17, 15) is 9.59 Å². The van der Waals surface area contributed by atoms with Gasteiger partial charge in [-0.2, -0.15) is 0 Å². The highest BCUT2D eigenvalue weighted by Gasteiger charge is 2.30. The summed E-state index contributed by atoms with van der Waals surface area (Å²) in [6.45, 7) is 2.92. The van der Waals surface area contributed by atoms with Crippen LogP contribution in [0, 0.1) is 0 Å². The van der Waals surface area contributed by atoms with Crippen molar-refractivity contribution in [2.45, 2.75) is 32.0 Å². The van der Waals surface area contributed by atoms with Gasteiger partial charge in [-0.15, -0.1) is 10.2 Å². The lowest BCUT2D eigenvalue weighted by Gasteiger charge is -2.18. The van der Waals surface area contributed by atoms with Gasteiger partial charge in [-0.25, -0.2) is 4.79 Å². The molecule has 3 amide bonds. The summed E-state index contributed by atoms with van der Waals surface area (Å²) in [6.07, 6.45) is 1.90. The number of amides is 3. The van der Waals surface area contributed by atoms with Gasteiger partial charge in [0.25, 0.3) is 0 Å². The van der Waals surface area contributed by atoms with Gasteiger partial charge >= 0.3 is 6.03 Å². The fraction of sp³-hybridized carbons (Fsp3) is 0.412. The molecule has 8 heteroatoms. The summed E-state index contributed by atoms with van der Waals surface area (Å²) in [5, 5.41) is 13.5. The van der Waals surface area contributed by atoms with Crippen LogP contribution in [0.15, 0.2) is 36.7 Å². The number of hydrogen-bond acceptors (Lipinski definition) is 4. The van der Waals surface area contributed by atoms with Crippen molar-refractivity contribution >= 4 is 11.9 Å². The van der Waals surface area contributed by atoms with Crippen LogP contribution in [0.5, 0.6) is 0 Å². The third kappa shape index (κ3) is 4.14. The van der Waals surface area contributed by atoms with Crippen LogP contribution >= 0.6 is 0 Å². The molecule has 2 atom stereocenters. The van der Waals surface area contributed by atoms with Crippen molar-refractivity contribution in [3.63, 3.8) is 0 Å². The van der Waals surface area contributed by atoms with Crippen molar-refractivity contribution in [3.8, 4) is 0 Å². The van der Waals surface area contributed by atoms with Gasteiger partial charge in [0.05, 0.1) is 12.1 Å². The molecule has 1 aliphatic rings. The second kappa shape index (κ2) is 7.33. The van der Waals surface area contributed by atoms with E-state index in [4.69, 9.17) is 0 Å². The number of carbonyl (C=O) groups is 2. The minimum Gasteiger partial charge on any atom is -0.336 e. The summed E-state index contributed by atoms with van der Waals surface area (Å²) in [7, 11) is 1.82. The van der Waals surface area contributed by atoms with Crippen LogP contribution in [0.25, 0.3) is 0 Å². The summed E-state index contributed by atoms with van der Waals surface area (Å²) in [4.78, 5) is 26.1. The highest BCUT2D eigenvalue weighted by molar-refractivity contribution is 5.81. The van der Waals surface area contributed by atoms with Crippen LogP contribution in [-0.2, 0) is 18.4 Å². The summed E-state index contributed by atoms with van der Waals surface area (Å²) < 4.78 is 1.76. The fourth-order valence-electron chi connectivity index (χ4n) is 3.00. The largest absolute Gasteiger partial charge is 0.336 e. The molecule has 1 saturated heterocycles. The lowest BCUT2D eigenvalue weighted by Crippen LogP contribution is -2.44. The molecule has 2 heterocycles. The smallest absolute Gasteiger partial charge is 0.315 e. The van der Waals surface area contributed by atoms with Crippen LogP contribution in [-0.4, -0.2) is 44.2 Å². The van der Waals surface area contributed by atoms with Crippen LogP contribution < -0.4 is 10.6 Å². The minimum atomic E-state index is -0.310. The van der Waals surface area contributed by atoms with E-state index >= 15 is 0 Å². The second-order valence-electron chi connectivity index (χ2n) is 6.30. The average molecular weight is 342 g/mol. The maximum Gasteiger partial charge on any atom is 0.315 e. The predicted octanol–water partition coefficient (Wildman–Crippen LogP) is 0.976. The van der Waals surface area contributed by atoms with Gasteiger partial charge in [0.1, 0.15) is 6.33 Å². The normalized spacial score (nSPS) is 18.2. The zero-order valence-corrected chi connectivity index (χ0v) is 14.3. The molecule has 1 aliphatic heterocycles. The highest BCUT2D eigenvalue weighted by Crippen LogP contribution is 2.15. The quantitative estimate of drug-likeness (QED) is 0.847.